The molecule has 45 heavy (non-hydrogen) atoms. The number of ketones is 1. The van der Waals surface area contributed by atoms with Gasteiger partial charge in [0.15, 0.2) is 11.9 Å². The van der Waals surface area contributed by atoms with Gasteiger partial charge in [0.25, 0.3) is 0 Å². The zero-order valence-electron chi connectivity index (χ0n) is 27.4. The van der Waals surface area contributed by atoms with Gasteiger partial charge < -0.3 is 14.7 Å². The second kappa shape index (κ2) is 13.6. The largest absolute Gasteiger partial charge is 0.453 e. The number of benzene rings is 4. The molecular weight excluding hydrogens is 556 g/mol. The van der Waals surface area contributed by atoms with Crippen LogP contribution in [0.15, 0.2) is 72.8 Å². The highest BCUT2D eigenvalue weighted by Gasteiger charge is 2.24. The molecule has 0 radical (unpaired) electrons. The Morgan fingerprint density at radius 3 is 2.20 bits per heavy atom. The minimum atomic E-state index is -0.668. The Morgan fingerprint density at radius 2 is 1.56 bits per heavy atom. The van der Waals surface area contributed by atoms with Crippen LogP contribution in [0.4, 0.5) is 0 Å². The summed E-state index contributed by atoms with van der Waals surface area (Å²) in [6.45, 7) is 12.9. The molecule has 0 aliphatic rings. The molecule has 5 aromatic rings. The summed E-state index contributed by atoms with van der Waals surface area (Å²) >= 11 is 0. The molecule has 232 valence electrons. The number of hydrogen-bond acceptors (Lipinski definition) is 4. The van der Waals surface area contributed by atoms with Gasteiger partial charge in [0.2, 0.25) is 0 Å². The van der Waals surface area contributed by atoms with Gasteiger partial charge in [0, 0.05) is 58.2 Å². The van der Waals surface area contributed by atoms with Crippen molar-refractivity contribution in [1.29, 1.82) is 5.41 Å². The standard InChI is InChI=1S/C40H44N2O3/c1-7-9-12-29(8-2)24-42-36-17-15-30(39(44)38-26(4)19-25(3)20-27(38)5)21-34(36)35-22-31(16-18-37(35)42)40(45-28(6)43)33-14-11-10-13-32(33)23-41/h10-11,13-23,29,40-41H,7-9,12,24H2,1-6H3. The SMILES string of the molecule is CCCCC(CC)Cn1c2ccc(C(=O)c3c(C)cc(C)cc3C)cc2c2cc(C(OC(C)=O)c3ccccc3C=N)ccc21. The summed E-state index contributed by atoms with van der Waals surface area (Å²) in [4.78, 5) is 26.3. The lowest BCUT2D eigenvalue weighted by Gasteiger charge is -2.20. The maximum absolute atomic E-state index is 14.0. The smallest absolute Gasteiger partial charge is 0.303 e. The van der Waals surface area contributed by atoms with Crippen LogP contribution < -0.4 is 0 Å². The van der Waals surface area contributed by atoms with Crippen molar-refractivity contribution in [2.75, 3.05) is 0 Å². The van der Waals surface area contributed by atoms with Crippen molar-refractivity contribution in [3.63, 3.8) is 0 Å². The van der Waals surface area contributed by atoms with E-state index >= 15 is 0 Å². The number of esters is 1. The quantitative estimate of drug-likeness (QED) is 0.0880. The summed E-state index contributed by atoms with van der Waals surface area (Å²) < 4.78 is 8.32. The van der Waals surface area contributed by atoms with E-state index in [9.17, 15) is 9.59 Å². The predicted molar refractivity (Wildman–Crippen MR) is 185 cm³/mol. The van der Waals surface area contributed by atoms with Crippen LogP contribution >= 0.6 is 0 Å². The zero-order valence-corrected chi connectivity index (χ0v) is 27.4. The summed E-state index contributed by atoms with van der Waals surface area (Å²) in [5.41, 5.74) is 9.00. The van der Waals surface area contributed by atoms with Crippen molar-refractivity contribution in [2.45, 2.75) is 79.9 Å². The third-order valence-electron chi connectivity index (χ3n) is 9.06. The van der Waals surface area contributed by atoms with E-state index in [2.05, 4.69) is 55.7 Å². The van der Waals surface area contributed by atoms with Crippen LogP contribution in [0.3, 0.4) is 0 Å². The maximum Gasteiger partial charge on any atom is 0.303 e. The molecule has 0 amide bonds. The lowest BCUT2D eigenvalue weighted by Crippen LogP contribution is -2.12. The minimum absolute atomic E-state index is 0.0241. The Labute approximate surface area is 266 Å². The fourth-order valence-corrected chi connectivity index (χ4v) is 6.84. The van der Waals surface area contributed by atoms with Crippen molar-refractivity contribution in [3.8, 4) is 0 Å². The summed E-state index contributed by atoms with van der Waals surface area (Å²) in [6, 6.07) is 24.0. The zero-order chi connectivity index (χ0) is 32.2. The van der Waals surface area contributed by atoms with E-state index in [0.29, 0.717) is 17.0 Å². The first kappa shape index (κ1) is 31.9. The predicted octanol–water partition coefficient (Wildman–Crippen LogP) is 9.82. The topological polar surface area (TPSA) is 72.2 Å². The third-order valence-corrected chi connectivity index (χ3v) is 9.06. The number of carbonyl (C=O) groups is 2. The second-order valence-corrected chi connectivity index (χ2v) is 12.4. The number of rotatable bonds is 12. The van der Waals surface area contributed by atoms with E-state index in [4.69, 9.17) is 10.1 Å². The molecule has 0 spiro atoms. The molecule has 5 nitrogen and oxygen atoms in total. The number of carbonyl (C=O) groups excluding carboxylic acids is 2. The van der Waals surface area contributed by atoms with Gasteiger partial charge in [-0.15, -0.1) is 0 Å². The van der Waals surface area contributed by atoms with Crippen molar-refractivity contribution in [1.82, 2.24) is 4.57 Å². The number of ether oxygens (including phenoxy) is 1. The third kappa shape index (κ3) is 6.49. The Balaban J connectivity index is 1.72. The van der Waals surface area contributed by atoms with Crippen LogP contribution in [0.25, 0.3) is 21.8 Å². The van der Waals surface area contributed by atoms with Crippen LogP contribution in [0.1, 0.15) is 102 Å². The van der Waals surface area contributed by atoms with E-state index in [1.54, 1.807) is 0 Å². The highest BCUT2D eigenvalue weighted by atomic mass is 16.5. The van der Waals surface area contributed by atoms with Crippen LogP contribution in [0.2, 0.25) is 0 Å². The van der Waals surface area contributed by atoms with Crippen molar-refractivity contribution >= 4 is 39.8 Å². The van der Waals surface area contributed by atoms with Gasteiger partial charge in [-0.25, -0.2) is 0 Å². The number of fused-ring (bicyclic) bond motifs is 3. The molecule has 2 atom stereocenters. The summed E-state index contributed by atoms with van der Waals surface area (Å²) in [7, 11) is 0. The first-order chi connectivity index (χ1) is 21.7. The van der Waals surface area contributed by atoms with Gasteiger partial charge in [-0.1, -0.05) is 81.1 Å². The summed E-state index contributed by atoms with van der Waals surface area (Å²) in [5.74, 6) is 0.174. The summed E-state index contributed by atoms with van der Waals surface area (Å²) in [6.07, 6.45) is 5.26. The summed E-state index contributed by atoms with van der Waals surface area (Å²) in [5, 5.41) is 10.00. The van der Waals surface area contributed by atoms with Crippen molar-refractivity contribution in [3.05, 3.63) is 117 Å². The fourth-order valence-electron chi connectivity index (χ4n) is 6.84. The number of nitrogens with one attached hydrogen (secondary N) is 1. The molecule has 0 saturated heterocycles. The van der Waals surface area contributed by atoms with Gasteiger partial charge >= 0.3 is 5.97 Å². The molecule has 5 rings (SSSR count). The first-order valence-electron chi connectivity index (χ1n) is 16.1. The molecule has 0 saturated carbocycles. The van der Waals surface area contributed by atoms with Gasteiger partial charge in [-0.2, -0.15) is 0 Å². The molecule has 1 N–H and O–H groups in total. The molecule has 5 heteroatoms. The van der Waals surface area contributed by atoms with Gasteiger partial charge in [0.05, 0.1) is 0 Å². The molecule has 0 aliphatic carbocycles. The normalized spacial score (nSPS) is 12.8. The highest BCUT2D eigenvalue weighted by molar-refractivity contribution is 6.15. The van der Waals surface area contributed by atoms with Crippen LogP contribution in [-0.2, 0) is 16.1 Å². The van der Waals surface area contributed by atoms with E-state index in [-0.39, 0.29) is 11.8 Å². The molecule has 0 bridgehead atoms. The molecule has 4 aromatic carbocycles. The Morgan fingerprint density at radius 1 is 0.889 bits per heavy atom. The molecule has 1 heterocycles. The molecule has 0 aliphatic heterocycles. The highest BCUT2D eigenvalue weighted by Crippen LogP contribution is 2.37. The van der Waals surface area contributed by atoms with Gasteiger partial charge in [-0.05, 0) is 85.7 Å². The van der Waals surface area contributed by atoms with E-state index in [0.717, 1.165) is 68.2 Å². The first-order valence-corrected chi connectivity index (χ1v) is 16.1. The Kier molecular flexibility index (Phi) is 9.67. The average Bonchev–Trinajstić information content (AvgIpc) is 3.32. The molecule has 2 unspecified atom stereocenters. The molecular formula is C40H44N2O3. The monoisotopic (exact) mass is 600 g/mol. The van der Waals surface area contributed by atoms with Crippen molar-refractivity contribution in [2.24, 2.45) is 5.92 Å². The number of nitrogens with zero attached hydrogens (tertiary/aromatic N) is 1. The minimum Gasteiger partial charge on any atom is -0.453 e. The van der Waals surface area contributed by atoms with Gasteiger partial charge in [0.1, 0.15) is 0 Å². The van der Waals surface area contributed by atoms with Crippen LogP contribution in [0.5, 0.6) is 0 Å². The number of aromatic nitrogens is 1. The lowest BCUT2D eigenvalue weighted by molar-refractivity contribution is -0.144. The van der Waals surface area contributed by atoms with Crippen LogP contribution in [-0.4, -0.2) is 22.5 Å². The molecule has 1 aromatic heterocycles. The number of aryl methyl sites for hydroxylation is 3. The molecule has 0 fully saturated rings. The van der Waals surface area contributed by atoms with E-state index in [1.165, 1.54) is 32.4 Å². The van der Waals surface area contributed by atoms with E-state index in [1.807, 2.05) is 56.3 Å². The van der Waals surface area contributed by atoms with Gasteiger partial charge in [-0.3, -0.25) is 9.59 Å². The van der Waals surface area contributed by atoms with Crippen molar-refractivity contribution < 1.29 is 14.3 Å². The average molecular weight is 601 g/mol. The number of hydrogen-bond donors (Lipinski definition) is 1. The maximum atomic E-state index is 14.0. The Bertz CT molecular complexity index is 1870. The second-order valence-electron chi connectivity index (χ2n) is 12.4. The fraction of sp³-hybridized carbons (Fsp3) is 0.325. The Hall–Kier alpha value is -4.51. The van der Waals surface area contributed by atoms with Crippen LogP contribution in [0, 0.1) is 32.1 Å². The number of unbranched alkanes of at least 4 members (excludes halogenated alkanes) is 1. The van der Waals surface area contributed by atoms with E-state index < -0.39 is 6.10 Å². The lowest BCUT2D eigenvalue weighted by atomic mass is 9.92.